The third kappa shape index (κ3) is 6.50. The van der Waals surface area contributed by atoms with Crippen molar-refractivity contribution in [3.05, 3.63) is 82.3 Å². The van der Waals surface area contributed by atoms with Gasteiger partial charge in [-0.15, -0.1) is 0 Å². The first-order chi connectivity index (χ1) is 17.9. The monoisotopic (exact) mass is 517 g/mol. The lowest BCUT2D eigenvalue weighted by Crippen LogP contribution is -2.20. The van der Waals surface area contributed by atoms with E-state index in [0.29, 0.717) is 33.0 Å². The summed E-state index contributed by atoms with van der Waals surface area (Å²) in [5.41, 5.74) is 4.31. The van der Waals surface area contributed by atoms with Crippen LogP contribution in [0.1, 0.15) is 16.7 Å². The van der Waals surface area contributed by atoms with Crippen LogP contribution in [0, 0.1) is 13.8 Å². The van der Waals surface area contributed by atoms with E-state index in [4.69, 9.17) is 14.2 Å². The van der Waals surface area contributed by atoms with Crippen molar-refractivity contribution in [2.24, 2.45) is 4.99 Å². The summed E-state index contributed by atoms with van der Waals surface area (Å²) < 4.78 is 16.4. The van der Waals surface area contributed by atoms with Crippen molar-refractivity contribution in [1.29, 1.82) is 0 Å². The van der Waals surface area contributed by atoms with Gasteiger partial charge in [0, 0.05) is 0 Å². The van der Waals surface area contributed by atoms with Gasteiger partial charge < -0.3 is 24.8 Å². The van der Waals surface area contributed by atoms with Crippen LogP contribution in [0.4, 0.5) is 11.4 Å². The quantitative estimate of drug-likeness (QED) is 0.397. The van der Waals surface area contributed by atoms with Gasteiger partial charge in [-0.25, -0.2) is 4.99 Å². The van der Waals surface area contributed by atoms with Gasteiger partial charge >= 0.3 is 0 Å². The highest BCUT2D eigenvalue weighted by Crippen LogP contribution is 2.33. The largest absolute Gasteiger partial charge is 0.495 e. The Labute approximate surface area is 219 Å². The van der Waals surface area contributed by atoms with E-state index in [0.717, 1.165) is 22.4 Å². The van der Waals surface area contributed by atoms with E-state index in [9.17, 15) is 9.59 Å². The van der Waals surface area contributed by atoms with Crippen LogP contribution >= 0.6 is 11.8 Å². The second-order valence-electron chi connectivity index (χ2n) is 8.22. The molecule has 1 saturated heterocycles. The zero-order valence-corrected chi connectivity index (χ0v) is 21.8. The summed E-state index contributed by atoms with van der Waals surface area (Å²) in [6, 6.07) is 18.3. The van der Waals surface area contributed by atoms with E-state index in [1.807, 2.05) is 32.0 Å². The third-order valence-electron chi connectivity index (χ3n) is 5.45. The molecule has 2 N–H and O–H groups in total. The predicted molar refractivity (Wildman–Crippen MR) is 147 cm³/mol. The van der Waals surface area contributed by atoms with Gasteiger partial charge in [0.2, 0.25) is 0 Å². The highest BCUT2D eigenvalue weighted by Gasteiger charge is 2.24. The maximum Gasteiger partial charge on any atom is 0.264 e. The summed E-state index contributed by atoms with van der Waals surface area (Å²) >= 11 is 1.27. The minimum absolute atomic E-state index is 0.217. The molecule has 0 aliphatic carbocycles. The fourth-order valence-electron chi connectivity index (χ4n) is 3.64. The molecule has 190 valence electrons. The SMILES string of the molecule is COc1ccccc1NC(=O)COc1ccc(/C=C2/SC(=Nc3ccc(C)cc3C)NC2=O)cc1OC. The molecule has 0 aromatic heterocycles. The number of benzene rings is 3. The number of carbonyl (C=O) groups is 2. The normalized spacial score (nSPS) is 15.0. The van der Waals surface area contributed by atoms with Crippen LogP contribution in [-0.2, 0) is 9.59 Å². The van der Waals surface area contributed by atoms with E-state index in [2.05, 4.69) is 21.7 Å². The van der Waals surface area contributed by atoms with Crippen molar-refractivity contribution < 1.29 is 23.8 Å². The second kappa shape index (κ2) is 11.7. The molecule has 0 radical (unpaired) electrons. The lowest BCUT2D eigenvalue weighted by Gasteiger charge is -2.13. The lowest BCUT2D eigenvalue weighted by molar-refractivity contribution is -0.118. The zero-order valence-electron chi connectivity index (χ0n) is 21.0. The molecule has 0 saturated carbocycles. The van der Waals surface area contributed by atoms with Crippen LogP contribution in [0.15, 0.2) is 70.6 Å². The molecule has 3 aromatic carbocycles. The van der Waals surface area contributed by atoms with E-state index < -0.39 is 0 Å². The van der Waals surface area contributed by atoms with E-state index in [-0.39, 0.29) is 18.4 Å². The first-order valence-electron chi connectivity index (χ1n) is 11.5. The highest BCUT2D eigenvalue weighted by molar-refractivity contribution is 8.18. The fourth-order valence-corrected chi connectivity index (χ4v) is 4.48. The third-order valence-corrected chi connectivity index (χ3v) is 6.36. The Balaban J connectivity index is 1.43. The van der Waals surface area contributed by atoms with Gasteiger partial charge in [0.05, 0.1) is 30.5 Å². The minimum Gasteiger partial charge on any atom is -0.495 e. The number of para-hydroxylation sites is 2. The Kier molecular flexibility index (Phi) is 8.15. The number of anilines is 1. The van der Waals surface area contributed by atoms with Crippen molar-refractivity contribution in [2.75, 3.05) is 26.1 Å². The van der Waals surface area contributed by atoms with Gasteiger partial charge in [0.25, 0.3) is 11.8 Å². The van der Waals surface area contributed by atoms with Gasteiger partial charge in [-0.05, 0) is 73.1 Å². The van der Waals surface area contributed by atoms with Gasteiger partial charge in [-0.3, -0.25) is 9.59 Å². The predicted octanol–water partition coefficient (Wildman–Crippen LogP) is 5.23. The molecular weight excluding hydrogens is 490 g/mol. The van der Waals surface area contributed by atoms with Crippen LogP contribution in [0.25, 0.3) is 6.08 Å². The van der Waals surface area contributed by atoms with Crippen LogP contribution < -0.4 is 24.8 Å². The summed E-state index contributed by atoms with van der Waals surface area (Å²) in [4.78, 5) is 30.0. The number of carbonyl (C=O) groups excluding carboxylic acids is 2. The smallest absolute Gasteiger partial charge is 0.264 e. The average Bonchev–Trinajstić information content (AvgIpc) is 3.23. The number of nitrogens with zero attached hydrogens (tertiary/aromatic N) is 1. The number of thioether (sulfide) groups is 1. The molecule has 3 aromatic rings. The molecule has 0 unspecified atom stereocenters. The standard InChI is InChI=1S/C28H27N3O5S/c1-17-9-11-20(18(2)13-17)30-28-31-27(33)25(37-28)15-19-10-12-23(24(14-19)35-4)36-16-26(32)29-21-7-5-6-8-22(21)34-3/h5-15H,16H2,1-4H3,(H,29,32)(H,30,31,33)/b25-15+. The topological polar surface area (TPSA) is 98.3 Å². The first kappa shape index (κ1) is 25.8. The van der Waals surface area contributed by atoms with Crippen molar-refractivity contribution >= 4 is 46.2 Å². The molecule has 1 fully saturated rings. The van der Waals surface area contributed by atoms with Crippen LogP contribution in [0.2, 0.25) is 0 Å². The van der Waals surface area contributed by atoms with Gasteiger partial charge in [0.1, 0.15) is 5.75 Å². The molecular formula is C28H27N3O5S. The van der Waals surface area contributed by atoms with Gasteiger partial charge in [0.15, 0.2) is 23.3 Å². The highest BCUT2D eigenvalue weighted by atomic mass is 32.2. The number of aliphatic imine (C=N–C) groups is 1. The van der Waals surface area contributed by atoms with Gasteiger partial charge in [-0.1, -0.05) is 35.9 Å². The maximum atomic E-state index is 12.5. The van der Waals surface area contributed by atoms with E-state index in [1.54, 1.807) is 42.5 Å². The summed E-state index contributed by atoms with van der Waals surface area (Å²) in [6.07, 6.45) is 1.76. The fraction of sp³-hybridized carbons (Fsp3) is 0.179. The van der Waals surface area contributed by atoms with Gasteiger partial charge in [-0.2, -0.15) is 0 Å². The number of ether oxygens (including phenoxy) is 3. The number of nitrogens with one attached hydrogen (secondary N) is 2. The lowest BCUT2D eigenvalue weighted by atomic mass is 10.1. The maximum absolute atomic E-state index is 12.5. The molecule has 4 rings (SSSR count). The summed E-state index contributed by atoms with van der Waals surface area (Å²) in [7, 11) is 3.05. The van der Waals surface area contributed by atoms with Crippen molar-refractivity contribution in [3.8, 4) is 17.2 Å². The molecule has 1 aliphatic heterocycles. The van der Waals surface area contributed by atoms with E-state index in [1.165, 1.54) is 26.0 Å². The van der Waals surface area contributed by atoms with E-state index >= 15 is 0 Å². The Hall–Kier alpha value is -4.24. The Morgan fingerprint density at radius 1 is 1.00 bits per heavy atom. The molecule has 9 heteroatoms. The zero-order chi connectivity index (χ0) is 26.4. The molecule has 0 atom stereocenters. The number of amides is 2. The number of hydrogen-bond donors (Lipinski definition) is 2. The van der Waals surface area contributed by atoms with Crippen molar-refractivity contribution in [2.45, 2.75) is 13.8 Å². The molecule has 37 heavy (non-hydrogen) atoms. The Morgan fingerprint density at radius 2 is 1.78 bits per heavy atom. The molecule has 1 aliphatic rings. The summed E-state index contributed by atoms with van der Waals surface area (Å²) in [5.74, 6) is 0.836. The first-order valence-corrected chi connectivity index (χ1v) is 12.3. The molecule has 0 bridgehead atoms. The van der Waals surface area contributed by atoms with Crippen LogP contribution in [0.3, 0.4) is 0 Å². The number of amidine groups is 1. The van der Waals surface area contributed by atoms with Crippen LogP contribution in [-0.4, -0.2) is 37.8 Å². The molecule has 0 spiro atoms. The number of aryl methyl sites for hydroxylation is 2. The van der Waals surface area contributed by atoms with Crippen LogP contribution in [0.5, 0.6) is 17.2 Å². The Morgan fingerprint density at radius 3 is 2.54 bits per heavy atom. The van der Waals surface area contributed by atoms with Crippen molar-refractivity contribution in [1.82, 2.24) is 5.32 Å². The second-order valence-corrected chi connectivity index (χ2v) is 9.25. The number of hydrogen-bond acceptors (Lipinski definition) is 7. The Bertz CT molecular complexity index is 1400. The molecule has 8 nitrogen and oxygen atoms in total. The summed E-state index contributed by atoms with van der Waals surface area (Å²) in [6.45, 7) is 3.80. The van der Waals surface area contributed by atoms with Crippen molar-refractivity contribution in [3.63, 3.8) is 0 Å². The molecule has 1 heterocycles. The molecule has 2 amide bonds. The average molecular weight is 518 g/mol. The summed E-state index contributed by atoms with van der Waals surface area (Å²) in [5, 5.41) is 6.10. The minimum atomic E-state index is -0.340. The number of methoxy groups -OCH3 is 2. The number of rotatable bonds is 8.